The summed E-state index contributed by atoms with van der Waals surface area (Å²) in [5.41, 5.74) is 2.17. The summed E-state index contributed by atoms with van der Waals surface area (Å²) < 4.78 is 0.769. The Kier molecular flexibility index (Phi) is 3.67. The van der Waals surface area contributed by atoms with E-state index in [1.165, 1.54) is 0 Å². The smallest absolute Gasteiger partial charge is 0.303 e. The van der Waals surface area contributed by atoms with Gasteiger partial charge in [-0.3, -0.25) is 9.59 Å². The van der Waals surface area contributed by atoms with Crippen molar-refractivity contribution >= 4 is 38.8 Å². The van der Waals surface area contributed by atoms with Crippen molar-refractivity contribution < 1.29 is 14.7 Å². The van der Waals surface area contributed by atoms with Crippen LogP contribution in [0.25, 0.3) is 11.0 Å². The van der Waals surface area contributed by atoms with E-state index < -0.39 is 5.97 Å². The molecule has 110 valence electrons. The van der Waals surface area contributed by atoms with E-state index in [0.29, 0.717) is 18.7 Å². The van der Waals surface area contributed by atoms with Gasteiger partial charge in [0.2, 0.25) is 0 Å². The summed E-state index contributed by atoms with van der Waals surface area (Å²) in [5.74, 6) is -0.832. The third-order valence-corrected chi connectivity index (χ3v) is 4.36. The van der Waals surface area contributed by atoms with Crippen LogP contribution in [-0.4, -0.2) is 44.9 Å². The fraction of sp³-hybridized carbons (Fsp3) is 0.357. The van der Waals surface area contributed by atoms with Crippen LogP contribution in [0.15, 0.2) is 22.9 Å². The summed E-state index contributed by atoms with van der Waals surface area (Å²) in [7, 11) is 0. The van der Waals surface area contributed by atoms with Crippen molar-refractivity contribution in [1.82, 2.24) is 14.9 Å². The fourth-order valence-electron chi connectivity index (χ4n) is 2.74. The molecule has 2 heterocycles. The van der Waals surface area contributed by atoms with E-state index in [1.807, 2.05) is 0 Å². The monoisotopic (exact) mass is 351 g/mol. The number of imidazole rings is 1. The number of carboxylic acid groups (broad SMARTS) is 1. The SMILES string of the molecule is O=C(O)CC1CCN(C(=O)c2cc(Br)c3nc[nH]c3c2)C1. The lowest BCUT2D eigenvalue weighted by molar-refractivity contribution is -0.138. The third kappa shape index (κ3) is 2.78. The van der Waals surface area contributed by atoms with Crippen molar-refractivity contribution in [2.45, 2.75) is 12.8 Å². The Hall–Kier alpha value is -1.89. The lowest BCUT2D eigenvalue weighted by Gasteiger charge is -2.16. The highest BCUT2D eigenvalue weighted by Gasteiger charge is 2.28. The Balaban J connectivity index is 1.79. The fourth-order valence-corrected chi connectivity index (χ4v) is 3.31. The number of rotatable bonds is 3. The molecule has 2 aromatic rings. The number of nitrogens with one attached hydrogen (secondary N) is 1. The number of amides is 1. The molecule has 1 atom stereocenters. The number of carbonyl (C=O) groups excluding carboxylic acids is 1. The van der Waals surface area contributed by atoms with Crippen molar-refractivity contribution in [1.29, 1.82) is 0 Å². The highest BCUT2D eigenvalue weighted by Crippen LogP contribution is 2.26. The van der Waals surface area contributed by atoms with Crippen LogP contribution in [0.1, 0.15) is 23.2 Å². The molecule has 0 saturated carbocycles. The number of hydrogen-bond acceptors (Lipinski definition) is 3. The van der Waals surface area contributed by atoms with Gasteiger partial charge in [0.25, 0.3) is 5.91 Å². The molecule has 0 radical (unpaired) electrons. The predicted molar refractivity (Wildman–Crippen MR) is 80.1 cm³/mol. The van der Waals surface area contributed by atoms with Crippen LogP contribution >= 0.6 is 15.9 Å². The molecule has 1 saturated heterocycles. The van der Waals surface area contributed by atoms with Gasteiger partial charge < -0.3 is 15.0 Å². The van der Waals surface area contributed by atoms with Gasteiger partial charge in [-0.25, -0.2) is 4.98 Å². The molecule has 1 aromatic carbocycles. The Morgan fingerprint density at radius 1 is 1.48 bits per heavy atom. The first-order valence-corrected chi connectivity index (χ1v) is 7.47. The molecule has 0 spiro atoms. The maximum absolute atomic E-state index is 12.5. The summed E-state index contributed by atoms with van der Waals surface area (Å²) in [4.78, 5) is 32.1. The maximum Gasteiger partial charge on any atom is 0.303 e. The van der Waals surface area contributed by atoms with E-state index in [1.54, 1.807) is 23.4 Å². The van der Waals surface area contributed by atoms with E-state index in [0.717, 1.165) is 21.9 Å². The highest BCUT2D eigenvalue weighted by atomic mass is 79.9. The van der Waals surface area contributed by atoms with Gasteiger partial charge in [-0.2, -0.15) is 0 Å². The van der Waals surface area contributed by atoms with Gasteiger partial charge in [0, 0.05) is 29.5 Å². The van der Waals surface area contributed by atoms with Gasteiger partial charge in [-0.1, -0.05) is 0 Å². The Labute approximate surface area is 129 Å². The number of fused-ring (bicyclic) bond motifs is 1. The van der Waals surface area contributed by atoms with Gasteiger partial charge in [0.05, 0.1) is 11.8 Å². The van der Waals surface area contributed by atoms with Crippen molar-refractivity contribution in [3.8, 4) is 0 Å². The molecule has 1 aromatic heterocycles. The van der Waals surface area contributed by atoms with Crippen molar-refractivity contribution in [2.75, 3.05) is 13.1 Å². The zero-order valence-electron chi connectivity index (χ0n) is 11.2. The van der Waals surface area contributed by atoms with E-state index in [4.69, 9.17) is 5.11 Å². The minimum absolute atomic E-state index is 0.0470. The number of carboxylic acids is 1. The Morgan fingerprint density at radius 3 is 3.05 bits per heavy atom. The van der Waals surface area contributed by atoms with Crippen molar-refractivity contribution in [3.05, 3.63) is 28.5 Å². The topological polar surface area (TPSA) is 86.3 Å². The second-order valence-electron chi connectivity index (χ2n) is 5.26. The number of benzene rings is 1. The number of hydrogen-bond donors (Lipinski definition) is 2. The number of likely N-dealkylation sites (tertiary alicyclic amines) is 1. The number of H-pyrrole nitrogens is 1. The molecule has 1 aliphatic rings. The largest absolute Gasteiger partial charge is 0.481 e. The van der Waals surface area contributed by atoms with E-state index in [9.17, 15) is 9.59 Å². The van der Waals surface area contributed by atoms with Gasteiger partial charge in [-0.05, 0) is 40.4 Å². The molecule has 1 amide bonds. The minimum Gasteiger partial charge on any atom is -0.481 e. The first-order chi connectivity index (χ1) is 10.0. The van der Waals surface area contributed by atoms with Crippen LogP contribution in [-0.2, 0) is 4.79 Å². The lowest BCUT2D eigenvalue weighted by Crippen LogP contribution is -2.29. The normalized spacial score (nSPS) is 18.3. The van der Waals surface area contributed by atoms with Crippen LogP contribution in [0.3, 0.4) is 0 Å². The molecule has 2 N–H and O–H groups in total. The molecule has 6 nitrogen and oxygen atoms in total. The zero-order chi connectivity index (χ0) is 15.0. The number of aliphatic carboxylic acids is 1. The summed E-state index contributed by atoms with van der Waals surface area (Å²) >= 11 is 3.42. The van der Waals surface area contributed by atoms with Crippen molar-refractivity contribution in [3.63, 3.8) is 0 Å². The number of aromatic nitrogens is 2. The number of halogens is 1. The lowest BCUT2D eigenvalue weighted by atomic mass is 10.1. The van der Waals surface area contributed by atoms with Crippen LogP contribution < -0.4 is 0 Å². The quantitative estimate of drug-likeness (QED) is 0.887. The number of carbonyl (C=O) groups is 2. The van der Waals surface area contributed by atoms with Gasteiger partial charge in [0.15, 0.2) is 0 Å². The van der Waals surface area contributed by atoms with E-state index in [-0.39, 0.29) is 18.2 Å². The summed E-state index contributed by atoms with van der Waals surface area (Å²) in [5, 5.41) is 8.83. The first-order valence-electron chi connectivity index (χ1n) is 6.68. The summed E-state index contributed by atoms with van der Waals surface area (Å²) in [6.07, 6.45) is 2.45. The molecule has 21 heavy (non-hydrogen) atoms. The molecular weight excluding hydrogens is 338 g/mol. The maximum atomic E-state index is 12.5. The average molecular weight is 352 g/mol. The molecule has 1 aliphatic heterocycles. The second kappa shape index (κ2) is 5.48. The van der Waals surface area contributed by atoms with Crippen LogP contribution in [0, 0.1) is 5.92 Å². The van der Waals surface area contributed by atoms with Crippen LogP contribution in [0.2, 0.25) is 0 Å². The average Bonchev–Trinajstić information content (AvgIpc) is 3.06. The van der Waals surface area contributed by atoms with Gasteiger partial charge in [0.1, 0.15) is 5.52 Å². The van der Waals surface area contributed by atoms with Crippen LogP contribution in [0.5, 0.6) is 0 Å². The number of nitrogens with zero attached hydrogens (tertiary/aromatic N) is 2. The molecule has 7 heteroatoms. The standard InChI is InChI=1S/C14H14BrN3O3/c15-10-4-9(5-11-13(10)17-7-16-11)14(21)18-2-1-8(6-18)3-12(19)20/h4-5,7-8H,1-3,6H2,(H,16,17)(H,19,20). The molecule has 0 bridgehead atoms. The summed E-state index contributed by atoms with van der Waals surface area (Å²) in [6, 6.07) is 3.54. The Morgan fingerprint density at radius 2 is 2.29 bits per heavy atom. The first kappa shape index (κ1) is 14.1. The van der Waals surface area contributed by atoms with Gasteiger partial charge >= 0.3 is 5.97 Å². The molecule has 1 unspecified atom stereocenters. The van der Waals surface area contributed by atoms with E-state index >= 15 is 0 Å². The molecular formula is C14H14BrN3O3. The summed E-state index contributed by atoms with van der Waals surface area (Å²) in [6.45, 7) is 1.11. The molecule has 0 aliphatic carbocycles. The molecule has 3 rings (SSSR count). The zero-order valence-corrected chi connectivity index (χ0v) is 12.8. The highest BCUT2D eigenvalue weighted by molar-refractivity contribution is 9.10. The number of aromatic amines is 1. The Bertz CT molecular complexity index is 713. The predicted octanol–water partition coefficient (Wildman–Crippen LogP) is 2.26. The second-order valence-corrected chi connectivity index (χ2v) is 6.11. The third-order valence-electron chi connectivity index (χ3n) is 3.76. The van der Waals surface area contributed by atoms with Crippen LogP contribution in [0.4, 0.5) is 0 Å². The van der Waals surface area contributed by atoms with Crippen molar-refractivity contribution in [2.24, 2.45) is 5.92 Å². The minimum atomic E-state index is -0.809. The molecule has 1 fully saturated rings. The van der Waals surface area contributed by atoms with Gasteiger partial charge in [-0.15, -0.1) is 0 Å². The van der Waals surface area contributed by atoms with E-state index in [2.05, 4.69) is 25.9 Å².